The van der Waals surface area contributed by atoms with Crippen LogP contribution in [0.5, 0.6) is 0 Å². The zero-order chi connectivity index (χ0) is 8.20. The minimum absolute atomic E-state index is 0.344. The van der Waals surface area contributed by atoms with Crippen molar-refractivity contribution in [1.29, 1.82) is 0 Å². The molecule has 8 heteroatoms. The molecule has 60 valence electrons. The van der Waals surface area contributed by atoms with Gasteiger partial charge in [-0.3, -0.25) is 0 Å². The summed E-state index contributed by atoms with van der Waals surface area (Å²) in [5.41, 5.74) is -4.40. The summed E-state index contributed by atoms with van der Waals surface area (Å²) >= 11 is 4.45. The second-order valence-electron chi connectivity index (χ2n) is 0.958. The van der Waals surface area contributed by atoms with Gasteiger partial charge in [-0.05, 0) is 10.7 Å². The van der Waals surface area contributed by atoms with E-state index < -0.39 is 17.5 Å². The summed E-state index contributed by atoms with van der Waals surface area (Å²) in [6.45, 7) is 0. The van der Waals surface area contributed by atoms with Crippen molar-refractivity contribution in [2.24, 2.45) is 4.40 Å². The highest BCUT2D eigenvalue weighted by Gasteiger charge is 2.28. The van der Waals surface area contributed by atoms with Crippen LogP contribution in [0, 0.1) is 0 Å². The molecule has 0 aromatic heterocycles. The lowest BCUT2D eigenvalue weighted by Crippen LogP contribution is -1.97. The Morgan fingerprint density at radius 1 is 1.40 bits per heavy atom. The van der Waals surface area contributed by atoms with Gasteiger partial charge in [0.2, 0.25) is 0 Å². The molecule has 0 aromatic carbocycles. The Morgan fingerprint density at radius 2 is 1.90 bits per heavy atom. The van der Waals surface area contributed by atoms with E-state index in [2.05, 4.69) is 4.40 Å². The van der Waals surface area contributed by atoms with Crippen LogP contribution >= 0.6 is 45.2 Å². The van der Waals surface area contributed by atoms with Gasteiger partial charge in [-0.1, -0.05) is 11.6 Å². The van der Waals surface area contributed by atoms with Crippen LogP contribution in [0.1, 0.15) is 0 Å². The first kappa shape index (κ1) is 10.7. The molecule has 0 unspecified atom stereocenters. The third-order valence-electron chi connectivity index (χ3n) is 0.285. The second-order valence-corrected chi connectivity index (χ2v) is 3.37. The Balaban J connectivity index is 3.73. The van der Waals surface area contributed by atoms with Crippen LogP contribution in [-0.4, -0.2) is 10.0 Å². The van der Waals surface area contributed by atoms with E-state index >= 15 is 0 Å². The molecule has 0 saturated carbocycles. The predicted octanol–water partition coefficient (Wildman–Crippen LogP) is 3.64. The SMILES string of the molecule is FC(F)(F)S/N=C(\Cl)SCl. The fourth-order valence-corrected chi connectivity index (χ4v) is 0.859. The number of hydrogen-bond acceptors (Lipinski definition) is 3. The first-order valence-electron chi connectivity index (χ1n) is 1.72. The Labute approximate surface area is 73.0 Å². The average molecular weight is 230 g/mol. The molecule has 0 N–H and O–H groups in total. The molecule has 0 amide bonds. The molecule has 0 aliphatic rings. The average Bonchev–Trinajstić information content (AvgIpc) is 1.81. The molecule has 0 aromatic rings. The van der Waals surface area contributed by atoms with Gasteiger partial charge in [-0.25, -0.2) is 0 Å². The minimum Gasteiger partial charge on any atom is -0.187 e. The second kappa shape index (κ2) is 4.58. The predicted molar refractivity (Wildman–Crippen MR) is 40.4 cm³/mol. The van der Waals surface area contributed by atoms with Crippen molar-refractivity contribution in [3.8, 4) is 0 Å². The zero-order valence-electron chi connectivity index (χ0n) is 4.15. The van der Waals surface area contributed by atoms with E-state index in [1.807, 2.05) is 0 Å². The number of rotatable bonds is 1. The van der Waals surface area contributed by atoms with E-state index in [4.69, 9.17) is 22.3 Å². The van der Waals surface area contributed by atoms with Crippen LogP contribution in [0.3, 0.4) is 0 Å². The Kier molecular flexibility index (Phi) is 4.92. The minimum atomic E-state index is -4.40. The maximum absolute atomic E-state index is 11.3. The fourth-order valence-electron chi connectivity index (χ4n) is 0.102. The number of alkyl halides is 3. The summed E-state index contributed by atoms with van der Waals surface area (Å²) in [5, 5.41) is 0. The van der Waals surface area contributed by atoms with E-state index in [1.165, 1.54) is 0 Å². The topological polar surface area (TPSA) is 12.4 Å². The van der Waals surface area contributed by atoms with Crippen LogP contribution in [0.2, 0.25) is 0 Å². The van der Waals surface area contributed by atoms with Gasteiger partial charge in [0.25, 0.3) is 0 Å². The summed E-state index contributed by atoms with van der Waals surface area (Å²) in [5.74, 6) is 0. The Hall–Kier alpha value is 0.740. The third-order valence-corrected chi connectivity index (χ3v) is 2.19. The summed E-state index contributed by atoms with van der Waals surface area (Å²) in [7, 11) is 5.39. The van der Waals surface area contributed by atoms with E-state index in [1.54, 1.807) is 0 Å². The van der Waals surface area contributed by atoms with Gasteiger partial charge in [-0.2, -0.15) is 17.6 Å². The van der Waals surface area contributed by atoms with Gasteiger partial charge < -0.3 is 0 Å². The maximum atomic E-state index is 11.3. The molecule has 0 aliphatic heterocycles. The third kappa shape index (κ3) is 6.85. The van der Waals surface area contributed by atoms with E-state index in [9.17, 15) is 13.2 Å². The van der Waals surface area contributed by atoms with Crippen molar-refractivity contribution in [2.45, 2.75) is 5.51 Å². The molecule has 0 heterocycles. The lowest BCUT2D eigenvalue weighted by molar-refractivity contribution is -0.0327. The van der Waals surface area contributed by atoms with E-state index in [0.29, 0.717) is 11.0 Å². The fraction of sp³-hybridized carbons (Fsp3) is 0.500. The van der Waals surface area contributed by atoms with Crippen LogP contribution in [0.4, 0.5) is 13.2 Å². The molecule has 0 radical (unpaired) electrons. The van der Waals surface area contributed by atoms with Crippen molar-refractivity contribution in [2.75, 3.05) is 0 Å². The van der Waals surface area contributed by atoms with Gasteiger partial charge in [0.05, 0.1) is 11.9 Å². The van der Waals surface area contributed by atoms with Gasteiger partial charge in [-0.15, -0.1) is 0 Å². The van der Waals surface area contributed by atoms with Crippen molar-refractivity contribution in [3.05, 3.63) is 0 Å². The molecule has 0 bridgehead atoms. The Morgan fingerprint density at radius 3 is 2.20 bits per heavy atom. The van der Waals surface area contributed by atoms with Crippen molar-refractivity contribution >= 4 is 49.7 Å². The Bertz CT molecular complexity index is 135. The normalized spacial score (nSPS) is 13.9. The number of nitrogens with zero attached hydrogens (tertiary/aromatic N) is 1. The molecule has 0 atom stereocenters. The maximum Gasteiger partial charge on any atom is 0.463 e. The highest BCUT2D eigenvalue weighted by molar-refractivity contribution is 8.35. The number of halogens is 5. The number of hydrogen-bond donors (Lipinski definition) is 0. The standard InChI is InChI=1S/C2Cl2F3NS2/c3-1(9-4)8-10-2(5,6)7/b8-1+. The lowest BCUT2D eigenvalue weighted by Gasteiger charge is -1.97. The summed E-state index contributed by atoms with van der Waals surface area (Å²) in [6.07, 6.45) is 0. The largest absolute Gasteiger partial charge is 0.463 e. The van der Waals surface area contributed by atoms with Gasteiger partial charge in [0.15, 0.2) is 4.50 Å². The van der Waals surface area contributed by atoms with Crippen LogP contribution < -0.4 is 0 Å². The van der Waals surface area contributed by atoms with Gasteiger partial charge in [0.1, 0.15) is 0 Å². The van der Waals surface area contributed by atoms with Crippen LogP contribution in [0.15, 0.2) is 4.40 Å². The van der Waals surface area contributed by atoms with Gasteiger partial charge >= 0.3 is 5.51 Å². The first-order chi connectivity index (χ1) is 4.45. The van der Waals surface area contributed by atoms with E-state index in [0.717, 1.165) is 0 Å². The molecule has 10 heavy (non-hydrogen) atoms. The van der Waals surface area contributed by atoms with Crippen LogP contribution in [0.25, 0.3) is 0 Å². The van der Waals surface area contributed by atoms with Crippen molar-refractivity contribution in [3.63, 3.8) is 0 Å². The van der Waals surface area contributed by atoms with Crippen molar-refractivity contribution < 1.29 is 13.2 Å². The molecular weight excluding hydrogens is 230 g/mol. The van der Waals surface area contributed by atoms with Crippen LogP contribution in [-0.2, 0) is 0 Å². The summed E-state index contributed by atoms with van der Waals surface area (Å²) in [4.78, 5) is 0. The molecule has 0 saturated heterocycles. The molecular formula is C2Cl2F3NS2. The monoisotopic (exact) mass is 229 g/mol. The lowest BCUT2D eigenvalue weighted by atomic mass is 11.6. The van der Waals surface area contributed by atoms with Crippen molar-refractivity contribution in [1.82, 2.24) is 0 Å². The van der Waals surface area contributed by atoms with E-state index in [-0.39, 0.29) is 4.50 Å². The molecule has 0 spiro atoms. The highest BCUT2D eigenvalue weighted by atomic mass is 35.7. The first-order valence-corrected chi connectivity index (χ1v) is 4.52. The summed E-state index contributed by atoms with van der Waals surface area (Å²) in [6, 6.07) is 0. The molecule has 1 nitrogen and oxygen atoms in total. The molecule has 0 rings (SSSR count). The quantitative estimate of drug-likeness (QED) is 0.387. The van der Waals surface area contributed by atoms with Gasteiger partial charge in [0, 0.05) is 11.0 Å². The molecule has 0 fully saturated rings. The molecule has 0 aliphatic carbocycles. The zero-order valence-corrected chi connectivity index (χ0v) is 7.30. The highest BCUT2D eigenvalue weighted by Crippen LogP contribution is 2.32. The summed E-state index contributed by atoms with van der Waals surface area (Å²) < 4.78 is 36.4. The smallest absolute Gasteiger partial charge is 0.187 e.